The van der Waals surface area contributed by atoms with E-state index in [0.29, 0.717) is 0 Å². The molecular formula is C14H18N2O. The molecule has 0 bridgehead atoms. The smallest absolute Gasteiger partial charge is 0.123 e. The number of piperidine rings is 1. The van der Waals surface area contributed by atoms with E-state index in [2.05, 4.69) is 11.0 Å². The van der Waals surface area contributed by atoms with Gasteiger partial charge in [0.1, 0.15) is 11.8 Å². The summed E-state index contributed by atoms with van der Waals surface area (Å²) >= 11 is 0. The molecule has 0 aromatic heterocycles. The summed E-state index contributed by atoms with van der Waals surface area (Å²) in [6.45, 7) is 2.06. The predicted octanol–water partition coefficient (Wildman–Crippen LogP) is 2.75. The van der Waals surface area contributed by atoms with Crippen LogP contribution in [-0.4, -0.2) is 25.1 Å². The third-order valence-corrected chi connectivity index (χ3v) is 3.31. The second kappa shape index (κ2) is 5.70. The number of ether oxygens (including phenoxy) is 1. The normalized spacial score (nSPS) is 18.4. The van der Waals surface area contributed by atoms with Gasteiger partial charge in [-0.3, -0.25) is 4.90 Å². The maximum atomic E-state index is 9.34. The van der Waals surface area contributed by atoms with Gasteiger partial charge in [-0.2, -0.15) is 5.26 Å². The number of rotatable bonds is 3. The molecule has 0 amide bonds. The molecule has 0 N–H and O–H groups in total. The van der Waals surface area contributed by atoms with Crippen LogP contribution in [0, 0.1) is 11.3 Å². The van der Waals surface area contributed by atoms with E-state index >= 15 is 0 Å². The van der Waals surface area contributed by atoms with Crippen LogP contribution in [0.2, 0.25) is 0 Å². The van der Waals surface area contributed by atoms with Gasteiger partial charge < -0.3 is 4.74 Å². The molecule has 2 rings (SSSR count). The molecule has 1 aromatic carbocycles. The molecule has 1 heterocycles. The van der Waals surface area contributed by atoms with Crippen molar-refractivity contribution in [3.63, 3.8) is 0 Å². The Kier molecular flexibility index (Phi) is 4.00. The first kappa shape index (κ1) is 11.9. The van der Waals surface area contributed by atoms with Crippen molar-refractivity contribution in [3.8, 4) is 11.8 Å². The van der Waals surface area contributed by atoms with E-state index in [1.54, 1.807) is 7.11 Å². The van der Waals surface area contributed by atoms with Gasteiger partial charge in [0.15, 0.2) is 0 Å². The van der Waals surface area contributed by atoms with Crippen molar-refractivity contribution >= 4 is 0 Å². The highest BCUT2D eigenvalue weighted by Crippen LogP contribution is 2.25. The van der Waals surface area contributed by atoms with Gasteiger partial charge >= 0.3 is 0 Å². The van der Waals surface area contributed by atoms with Crippen LogP contribution in [-0.2, 0) is 0 Å². The lowest BCUT2D eigenvalue weighted by molar-refractivity contribution is 0.196. The maximum Gasteiger partial charge on any atom is 0.123 e. The molecule has 3 nitrogen and oxygen atoms in total. The molecule has 1 atom stereocenters. The number of methoxy groups -OCH3 is 1. The minimum Gasteiger partial charge on any atom is -0.497 e. The van der Waals surface area contributed by atoms with E-state index in [-0.39, 0.29) is 6.04 Å². The van der Waals surface area contributed by atoms with E-state index in [1.807, 2.05) is 24.3 Å². The van der Waals surface area contributed by atoms with Crippen molar-refractivity contribution in [1.82, 2.24) is 4.90 Å². The van der Waals surface area contributed by atoms with E-state index in [4.69, 9.17) is 4.74 Å². The average Bonchev–Trinajstić information content (AvgIpc) is 2.42. The zero-order valence-electron chi connectivity index (χ0n) is 10.2. The fraction of sp³-hybridized carbons (Fsp3) is 0.500. The summed E-state index contributed by atoms with van der Waals surface area (Å²) in [6, 6.07) is 10.1. The Morgan fingerprint density at radius 1 is 1.18 bits per heavy atom. The number of hydrogen-bond donors (Lipinski definition) is 0. The standard InChI is InChI=1S/C14H18N2O/c1-17-13-7-5-12(6-8-13)14(11-15)16-9-3-2-4-10-16/h5-8,14H,2-4,9-10H2,1H3/t14-/m0/s1. The summed E-state index contributed by atoms with van der Waals surface area (Å²) in [5.74, 6) is 0.837. The number of benzene rings is 1. The Labute approximate surface area is 103 Å². The van der Waals surface area contributed by atoms with Gasteiger partial charge in [0, 0.05) is 0 Å². The summed E-state index contributed by atoms with van der Waals surface area (Å²) in [4.78, 5) is 2.27. The van der Waals surface area contributed by atoms with E-state index in [0.717, 1.165) is 24.4 Å². The Hall–Kier alpha value is -1.53. The van der Waals surface area contributed by atoms with E-state index in [9.17, 15) is 5.26 Å². The molecule has 3 heteroatoms. The summed E-state index contributed by atoms with van der Waals surface area (Å²) in [5, 5.41) is 9.34. The molecule has 0 aliphatic carbocycles. The molecule has 1 saturated heterocycles. The van der Waals surface area contributed by atoms with E-state index in [1.165, 1.54) is 19.3 Å². The fourth-order valence-corrected chi connectivity index (χ4v) is 2.33. The fourth-order valence-electron chi connectivity index (χ4n) is 2.33. The van der Waals surface area contributed by atoms with Gasteiger partial charge in [0.2, 0.25) is 0 Å². The van der Waals surface area contributed by atoms with Crippen molar-refractivity contribution in [3.05, 3.63) is 29.8 Å². The largest absolute Gasteiger partial charge is 0.497 e. The minimum atomic E-state index is -0.110. The van der Waals surface area contributed by atoms with Crippen LogP contribution in [0.15, 0.2) is 24.3 Å². The number of likely N-dealkylation sites (tertiary alicyclic amines) is 1. The third-order valence-electron chi connectivity index (χ3n) is 3.31. The molecule has 1 aliphatic heterocycles. The number of hydrogen-bond acceptors (Lipinski definition) is 3. The van der Waals surface area contributed by atoms with E-state index < -0.39 is 0 Å². The van der Waals surface area contributed by atoms with Crippen LogP contribution in [0.1, 0.15) is 30.9 Å². The molecule has 0 saturated carbocycles. The molecule has 0 spiro atoms. The highest BCUT2D eigenvalue weighted by Gasteiger charge is 2.21. The van der Waals surface area contributed by atoms with Gasteiger partial charge in [-0.05, 0) is 43.6 Å². The lowest BCUT2D eigenvalue weighted by Crippen LogP contribution is -2.33. The molecule has 1 aliphatic rings. The van der Waals surface area contributed by atoms with Crippen LogP contribution < -0.4 is 4.74 Å². The molecule has 1 fully saturated rings. The number of nitriles is 1. The molecule has 0 unspecified atom stereocenters. The highest BCUT2D eigenvalue weighted by atomic mass is 16.5. The molecular weight excluding hydrogens is 212 g/mol. The first-order valence-corrected chi connectivity index (χ1v) is 6.13. The predicted molar refractivity (Wildman–Crippen MR) is 66.8 cm³/mol. The zero-order valence-corrected chi connectivity index (χ0v) is 10.2. The Bertz CT molecular complexity index is 388. The SMILES string of the molecule is COc1ccc([C@H](C#N)N2CCCCC2)cc1. The summed E-state index contributed by atoms with van der Waals surface area (Å²) < 4.78 is 5.13. The third kappa shape index (κ3) is 2.78. The van der Waals surface area contributed by atoms with Crippen molar-refractivity contribution in [2.24, 2.45) is 0 Å². The summed E-state index contributed by atoms with van der Waals surface area (Å²) in [5.41, 5.74) is 1.07. The monoisotopic (exact) mass is 230 g/mol. The molecule has 1 aromatic rings. The first-order valence-electron chi connectivity index (χ1n) is 6.13. The second-order valence-corrected chi connectivity index (χ2v) is 4.40. The summed E-state index contributed by atoms with van der Waals surface area (Å²) in [7, 11) is 1.65. The highest BCUT2D eigenvalue weighted by molar-refractivity contribution is 5.31. The lowest BCUT2D eigenvalue weighted by Gasteiger charge is -2.30. The van der Waals surface area contributed by atoms with Crippen LogP contribution >= 0.6 is 0 Å². The summed E-state index contributed by atoms with van der Waals surface area (Å²) in [6.07, 6.45) is 3.69. The topological polar surface area (TPSA) is 36.3 Å². The van der Waals surface area contributed by atoms with Gasteiger partial charge in [-0.1, -0.05) is 18.6 Å². The lowest BCUT2D eigenvalue weighted by atomic mass is 10.0. The average molecular weight is 230 g/mol. The Morgan fingerprint density at radius 3 is 2.35 bits per heavy atom. The van der Waals surface area contributed by atoms with Crippen LogP contribution in [0.25, 0.3) is 0 Å². The molecule has 17 heavy (non-hydrogen) atoms. The van der Waals surface area contributed by atoms with Gasteiger partial charge in [0.05, 0.1) is 13.2 Å². The van der Waals surface area contributed by atoms with Crippen molar-refractivity contribution < 1.29 is 4.74 Å². The quantitative estimate of drug-likeness (QED) is 0.801. The second-order valence-electron chi connectivity index (χ2n) is 4.40. The zero-order chi connectivity index (χ0) is 12.1. The number of nitrogens with zero attached hydrogens (tertiary/aromatic N) is 2. The van der Waals surface area contributed by atoms with Crippen LogP contribution in [0.5, 0.6) is 5.75 Å². The first-order chi connectivity index (χ1) is 8.35. The molecule has 90 valence electrons. The van der Waals surface area contributed by atoms with Crippen LogP contribution in [0.4, 0.5) is 0 Å². The maximum absolute atomic E-state index is 9.34. The van der Waals surface area contributed by atoms with Crippen LogP contribution in [0.3, 0.4) is 0 Å². The Balaban J connectivity index is 2.13. The Morgan fingerprint density at radius 2 is 1.82 bits per heavy atom. The van der Waals surface area contributed by atoms with Gasteiger partial charge in [-0.25, -0.2) is 0 Å². The van der Waals surface area contributed by atoms with Crippen molar-refractivity contribution in [1.29, 1.82) is 5.26 Å². The molecule has 0 radical (unpaired) electrons. The minimum absolute atomic E-state index is 0.110. The van der Waals surface area contributed by atoms with Gasteiger partial charge in [-0.15, -0.1) is 0 Å². The van der Waals surface area contributed by atoms with Gasteiger partial charge in [0.25, 0.3) is 0 Å². The van der Waals surface area contributed by atoms with Crippen molar-refractivity contribution in [2.45, 2.75) is 25.3 Å². The van der Waals surface area contributed by atoms with Crippen molar-refractivity contribution in [2.75, 3.05) is 20.2 Å².